The van der Waals surface area contributed by atoms with Gasteiger partial charge in [0.1, 0.15) is 5.82 Å². The van der Waals surface area contributed by atoms with E-state index >= 15 is 0 Å². The summed E-state index contributed by atoms with van der Waals surface area (Å²) in [6.07, 6.45) is 2.49. The van der Waals surface area contributed by atoms with Gasteiger partial charge in [0.2, 0.25) is 5.95 Å². The van der Waals surface area contributed by atoms with Gasteiger partial charge in [0, 0.05) is 25.6 Å². The topological polar surface area (TPSA) is 54.0 Å². The second kappa shape index (κ2) is 3.20. The van der Waals surface area contributed by atoms with Gasteiger partial charge in [-0.2, -0.15) is 4.98 Å². The number of fused-ring (bicyclic) bond motifs is 1. The van der Waals surface area contributed by atoms with E-state index in [1.54, 1.807) is 0 Å². The predicted octanol–water partition coefficient (Wildman–Crippen LogP) is 0.765. The van der Waals surface area contributed by atoms with E-state index in [1.807, 2.05) is 0 Å². The van der Waals surface area contributed by atoms with Crippen molar-refractivity contribution in [3.63, 3.8) is 0 Å². The molecule has 3 unspecified atom stereocenters. The van der Waals surface area contributed by atoms with Gasteiger partial charge in [-0.05, 0) is 24.7 Å². The third-order valence-corrected chi connectivity index (χ3v) is 4.07. The molecule has 0 amide bonds. The number of hydrogen-bond donors (Lipinski definition) is 1. The van der Waals surface area contributed by atoms with E-state index in [2.05, 4.69) is 20.1 Å². The van der Waals surface area contributed by atoms with Crippen molar-refractivity contribution < 1.29 is 4.74 Å². The van der Waals surface area contributed by atoms with E-state index in [0.29, 0.717) is 5.92 Å². The Morgan fingerprint density at radius 2 is 2.19 bits per heavy atom. The third-order valence-electron chi connectivity index (χ3n) is 4.07. The van der Waals surface area contributed by atoms with Gasteiger partial charge in [0.05, 0.1) is 6.61 Å². The molecule has 2 aliphatic heterocycles. The van der Waals surface area contributed by atoms with E-state index in [0.717, 1.165) is 56.3 Å². The Bertz CT molecular complexity index is 388. The number of H-pyrrole nitrogens is 1. The monoisotopic (exact) mass is 220 g/mol. The lowest BCUT2D eigenvalue weighted by Gasteiger charge is -2.14. The normalized spacial score (nSPS) is 36.8. The molecule has 0 bridgehead atoms. The number of anilines is 1. The van der Waals surface area contributed by atoms with Crippen molar-refractivity contribution in [1.29, 1.82) is 0 Å². The van der Waals surface area contributed by atoms with Crippen LogP contribution >= 0.6 is 0 Å². The highest BCUT2D eigenvalue weighted by atomic mass is 16.5. The summed E-state index contributed by atoms with van der Waals surface area (Å²) >= 11 is 0. The van der Waals surface area contributed by atoms with Crippen molar-refractivity contribution in [2.75, 3.05) is 31.2 Å². The molecule has 1 aliphatic carbocycles. The molecule has 3 fully saturated rings. The Hall–Kier alpha value is -1.10. The van der Waals surface area contributed by atoms with E-state index in [-0.39, 0.29) is 0 Å². The van der Waals surface area contributed by atoms with Gasteiger partial charge < -0.3 is 9.64 Å². The number of rotatable bonds is 2. The van der Waals surface area contributed by atoms with Gasteiger partial charge in [-0.1, -0.05) is 0 Å². The first-order valence-electron chi connectivity index (χ1n) is 6.15. The Balaban J connectivity index is 1.51. The molecule has 0 aromatic carbocycles. The van der Waals surface area contributed by atoms with Crippen LogP contribution in [0.25, 0.3) is 0 Å². The van der Waals surface area contributed by atoms with Crippen molar-refractivity contribution in [2.45, 2.75) is 18.8 Å². The zero-order valence-electron chi connectivity index (χ0n) is 9.22. The largest absolute Gasteiger partial charge is 0.381 e. The zero-order chi connectivity index (χ0) is 10.5. The minimum Gasteiger partial charge on any atom is -0.381 e. The third kappa shape index (κ3) is 1.34. The average Bonchev–Trinajstić information content (AvgIpc) is 2.86. The van der Waals surface area contributed by atoms with Crippen molar-refractivity contribution >= 4 is 5.95 Å². The quantitative estimate of drug-likeness (QED) is 0.799. The minimum absolute atomic E-state index is 0.429. The molecule has 86 valence electrons. The number of nitrogens with zero attached hydrogens (tertiary/aromatic N) is 3. The summed E-state index contributed by atoms with van der Waals surface area (Å²) < 4.78 is 5.37. The fraction of sp³-hybridized carbons (Fsp3) is 0.818. The van der Waals surface area contributed by atoms with Crippen LogP contribution in [-0.2, 0) is 4.74 Å². The highest BCUT2D eigenvalue weighted by molar-refractivity contribution is 5.34. The molecule has 5 heteroatoms. The van der Waals surface area contributed by atoms with Crippen LogP contribution in [0.5, 0.6) is 0 Å². The predicted molar refractivity (Wildman–Crippen MR) is 58.4 cm³/mol. The summed E-state index contributed by atoms with van der Waals surface area (Å²) in [7, 11) is 0. The van der Waals surface area contributed by atoms with Crippen LogP contribution in [0.15, 0.2) is 0 Å². The van der Waals surface area contributed by atoms with Gasteiger partial charge in [-0.15, -0.1) is 5.10 Å². The smallest absolute Gasteiger partial charge is 0.244 e. The number of aromatic nitrogens is 3. The fourth-order valence-corrected chi connectivity index (χ4v) is 2.90. The van der Waals surface area contributed by atoms with Crippen LogP contribution in [0.3, 0.4) is 0 Å². The molecule has 16 heavy (non-hydrogen) atoms. The van der Waals surface area contributed by atoms with Crippen molar-refractivity contribution in [3.8, 4) is 0 Å². The van der Waals surface area contributed by atoms with E-state index < -0.39 is 0 Å². The van der Waals surface area contributed by atoms with Crippen LogP contribution in [-0.4, -0.2) is 41.5 Å². The summed E-state index contributed by atoms with van der Waals surface area (Å²) in [5.74, 6) is 4.19. The molecule has 3 aliphatic rings. The molecule has 0 spiro atoms. The minimum atomic E-state index is 0.429. The summed E-state index contributed by atoms with van der Waals surface area (Å²) in [6, 6.07) is 0. The standard InChI is InChI=1S/C11H16N4O/c1-2-16-6-7(1)10-12-11(14-13-10)15-4-8-3-9(8)5-15/h7-9H,1-6H2,(H,12,13,14). The summed E-state index contributed by atoms with van der Waals surface area (Å²) in [5, 5.41) is 7.40. The average molecular weight is 220 g/mol. The lowest BCUT2D eigenvalue weighted by molar-refractivity contribution is 0.193. The van der Waals surface area contributed by atoms with Gasteiger partial charge in [0.15, 0.2) is 0 Å². The molecule has 1 N–H and O–H groups in total. The highest BCUT2D eigenvalue weighted by Crippen LogP contribution is 2.45. The van der Waals surface area contributed by atoms with Gasteiger partial charge >= 0.3 is 0 Å². The molecule has 3 heterocycles. The number of aromatic amines is 1. The summed E-state index contributed by atoms with van der Waals surface area (Å²) in [4.78, 5) is 6.92. The molecule has 0 radical (unpaired) electrons. The van der Waals surface area contributed by atoms with E-state index in [1.165, 1.54) is 6.42 Å². The Kier molecular flexibility index (Phi) is 1.80. The zero-order valence-corrected chi connectivity index (χ0v) is 9.22. The second-order valence-electron chi connectivity index (χ2n) is 5.24. The number of nitrogens with one attached hydrogen (secondary N) is 1. The molecule has 4 rings (SSSR count). The number of ether oxygens (including phenoxy) is 1. The van der Waals surface area contributed by atoms with Crippen molar-refractivity contribution in [3.05, 3.63) is 5.82 Å². The maximum absolute atomic E-state index is 5.37. The molecular formula is C11H16N4O. The molecule has 5 nitrogen and oxygen atoms in total. The first kappa shape index (κ1) is 8.98. The fourth-order valence-electron chi connectivity index (χ4n) is 2.90. The van der Waals surface area contributed by atoms with Crippen LogP contribution in [0.1, 0.15) is 24.6 Å². The SMILES string of the molecule is C1CC(c2nc(N3CC4CC4C3)n[nH]2)CO1. The first-order valence-corrected chi connectivity index (χ1v) is 6.15. The van der Waals surface area contributed by atoms with Crippen LogP contribution in [0, 0.1) is 11.8 Å². The van der Waals surface area contributed by atoms with Crippen LogP contribution in [0.2, 0.25) is 0 Å². The highest BCUT2D eigenvalue weighted by Gasteiger charge is 2.46. The molecule has 1 saturated carbocycles. The Labute approximate surface area is 94.2 Å². The number of piperidine rings is 1. The molecule has 1 aromatic rings. The summed E-state index contributed by atoms with van der Waals surface area (Å²) in [6.45, 7) is 3.96. The molecule has 1 aromatic heterocycles. The lowest BCUT2D eigenvalue weighted by atomic mass is 10.1. The van der Waals surface area contributed by atoms with Crippen LogP contribution in [0.4, 0.5) is 5.95 Å². The van der Waals surface area contributed by atoms with Gasteiger partial charge in [-0.3, -0.25) is 5.10 Å². The first-order chi connectivity index (χ1) is 7.90. The maximum atomic E-state index is 5.37. The Morgan fingerprint density at radius 3 is 2.94 bits per heavy atom. The van der Waals surface area contributed by atoms with Crippen LogP contribution < -0.4 is 4.90 Å². The molecular weight excluding hydrogens is 204 g/mol. The summed E-state index contributed by atoms with van der Waals surface area (Å²) in [5.41, 5.74) is 0. The second-order valence-corrected chi connectivity index (χ2v) is 5.24. The van der Waals surface area contributed by atoms with E-state index in [4.69, 9.17) is 4.74 Å². The number of hydrogen-bond acceptors (Lipinski definition) is 4. The van der Waals surface area contributed by atoms with E-state index in [9.17, 15) is 0 Å². The van der Waals surface area contributed by atoms with Gasteiger partial charge in [0.25, 0.3) is 0 Å². The molecule has 3 atom stereocenters. The Morgan fingerprint density at radius 1 is 1.31 bits per heavy atom. The maximum Gasteiger partial charge on any atom is 0.244 e. The lowest BCUT2D eigenvalue weighted by Crippen LogP contribution is -2.23. The van der Waals surface area contributed by atoms with Gasteiger partial charge in [-0.25, -0.2) is 0 Å². The van der Waals surface area contributed by atoms with Crippen molar-refractivity contribution in [2.24, 2.45) is 11.8 Å². The van der Waals surface area contributed by atoms with Crippen molar-refractivity contribution in [1.82, 2.24) is 15.2 Å². The molecule has 2 saturated heterocycles.